The Labute approximate surface area is 116 Å². The molecule has 0 spiro atoms. The zero-order valence-electron chi connectivity index (χ0n) is 12.1. The average molecular weight is 260 g/mol. The van der Waals surface area contributed by atoms with Crippen LogP contribution >= 0.6 is 0 Å². The third-order valence-electron chi connectivity index (χ3n) is 4.09. The van der Waals surface area contributed by atoms with Crippen LogP contribution in [0.4, 0.5) is 0 Å². The molecule has 0 radical (unpaired) electrons. The number of carbonyl (C=O) groups is 1. The van der Waals surface area contributed by atoms with Gasteiger partial charge in [0.25, 0.3) is 0 Å². The molecular weight excluding hydrogens is 236 g/mol. The summed E-state index contributed by atoms with van der Waals surface area (Å²) >= 11 is 0. The maximum absolute atomic E-state index is 12.9. The minimum Gasteiger partial charge on any atom is -0.338 e. The lowest BCUT2D eigenvalue weighted by molar-refractivity contribution is -0.138. The average Bonchev–Trinajstić information content (AvgIpc) is 2.63. The molecule has 1 aliphatic rings. The van der Waals surface area contributed by atoms with Gasteiger partial charge in [-0.1, -0.05) is 30.3 Å². The summed E-state index contributed by atoms with van der Waals surface area (Å²) in [5.74, 6) is 0.231. The predicted octanol–water partition coefficient (Wildman–Crippen LogP) is 2.17. The number of carbonyl (C=O) groups excluding carboxylic acids is 1. The first-order valence-electron chi connectivity index (χ1n) is 7.11. The molecule has 1 saturated heterocycles. The van der Waals surface area contributed by atoms with Crippen molar-refractivity contribution in [3.8, 4) is 0 Å². The number of hydrogen-bond donors (Lipinski definition) is 1. The Kier molecular flexibility index (Phi) is 4.25. The predicted molar refractivity (Wildman–Crippen MR) is 78.1 cm³/mol. The third kappa shape index (κ3) is 2.98. The summed E-state index contributed by atoms with van der Waals surface area (Å²) in [7, 11) is 0. The molecule has 1 aliphatic heterocycles. The molecule has 2 rings (SSSR count). The van der Waals surface area contributed by atoms with E-state index in [-0.39, 0.29) is 5.91 Å². The maximum atomic E-state index is 12.9. The second-order valence-electron chi connectivity index (χ2n) is 5.88. The van der Waals surface area contributed by atoms with Gasteiger partial charge in [-0.2, -0.15) is 0 Å². The van der Waals surface area contributed by atoms with Crippen LogP contribution in [0, 0.1) is 0 Å². The van der Waals surface area contributed by atoms with Gasteiger partial charge in [0.1, 0.15) is 0 Å². The van der Waals surface area contributed by atoms with Gasteiger partial charge in [-0.25, -0.2) is 0 Å². The molecule has 0 bridgehead atoms. The van der Waals surface area contributed by atoms with E-state index in [1.54, 1.807) is 0 Å². The molecule has 3 nitrogen and oxygen atoms in total. The molecule has 3 heteroatoms. The van der Waals surface area contributed by atoms with Gasteiger partial charge >= 0.3 is 0 Å². The Bertz CT molecular complexity index is 428. The van der Waals surface area contributed by atoms with Gasteiger partial charge < -0.3 is 10.2 Å². The molecule has 1 unspecified atom stereocenters. The molecule has 1 aromatic carbocycles. The van der Waals surface area contributed by atoms with Gasteiger partial charge in [0, 0.05) is 19.1 Å². The fraction of sp³-hybridized carbons (Fsp3) is 0.562. The molecule has 1 heterocycles. The van der Waals surface area contributed by atoms with Crippen LogP contribution in [0.2, 0.25) is 0 Å². The molecule has 1 amide bonds. The van der Waals surface area contributed by atoms with E-state index in [1.807, 2.05) is 49.1 Å². The van der Waals surface area contributed by atoms with Crippen molar-refractivity contribution in [3.05, 3.63) is 35.9 Å². The summed E-state index contributed by atoms with van der Waals surface area (Å²) in [4.78, 5) is 14.9. The molecule has 19 heavy (non-hydrogen) atoms. The summed E-state index contributed by atoms with van der Waals surface area (Å²) in [5.41, 5.74) is 0.629. The lowest BCUT2D eigenvalue weighted by Gasteiger charge is -2.35. The number of benzene rings is 1. The van der Waals surface area contributed by atoms with Crippen LogP contribution in [0.3, 0.4) is 0 Å². The van der Waals surface area contributed by atoms with Crippen LogP contribution in [0.15, 0.2) is 30.3 Å². The van der Waals surface area contributed by atoms with Gasteiger partial charge in [-0.3, -0.25) is 4.79 Å². The minimum atomic E-state index is -0.458. The first-order valence-corrected chi connectivity index (χ1v) is 7.11. The van der Waals surface area contributed by atoms with Gasteiger partial charge in [-0.05, 0) is 39.3 Å². The first kappa shape index (κ1) is 14.1. The van der Waals surface area contributed by atoms with Crippen molar-refractivity contribution in [2.45, 2.75) is 38.6 Å². The lowest BCUT2D eigenvalue weighted by Crippen LogP contribution is -2.48. The van der Waals surface area contributed by atoms with Crippen molar-refractivity contribution in [1.29, 1.82) is 0 Å². The Morgan fingerprint density at radius 1 is 1.26 bits per heavy atom. The molecule has 0 aliphatic carbocycles. The number of hydrogen-bond acceptors (Lipinski definition) is 2. The van der Waals surface area contributed by atoms with Crippen LogP contribution in [-0.4, -0.2) is 36.5 Å². The Balaban J connectivity index is 2.22. The third-order valence-corrected chi connectivity index (χ3v) is 4.09. The topological polar surface area (TPSA) is 32.3 Å². The molecule has 104 valence electrons. The summed E-state index contributed by atoms with van der Waals surface area (Å²) in [6.45, 7) is 8.88. The Morgan fingerprint density at radius 2 is 1.95 bits per heavy atom. The van der Waals surface area contributed by atoms with Gasteiger partial charge in [0.15, 0.2) is 0 Å². The standard InChI is InChI=1S/C16H24N2O/c1-13-9-10-17-11-12-18(13)15(19)16(2,3)14-7-5-4-6-8-14/h4-8,13,17H,9-12H2,1-3H3. The monoisotopic (exact) mass is 260 g/mol. The minimum absolute atomic E-state index is 0.231. The van der Waals surface area contributed by atoms with Crippen molar-refractivity contribution in [2.24, 2.45) is 0 Å². The molecule has 1 aromatic rings. The SMILES string of the molecule is CC1CCNCCN1C(=O)C(C)(C)c1ccccc1. The molecular formula is C16H24N2O. The van der Waals surface area contributed by atoms with Crippen LogP contribution in [0.25, 0.3) is 0 Å². The van der Waals surface area contributed by atoms with Gasteiger partial charge in [0.05, 0.1) is 5.41 Å². The number of rotatable bonds is 2. The maximum Gasteiger partial charge on any atom is 0.232 e. The highest BCUT2D eigenvalue weighted by Gasteiger charge is 2.35. The summed E-state index contributed by atoms with van der Waals surface area (Å²) < 4.78 is 0. The lowest BCUT2D eigenvalue weighted by atomic mass is 9.83. The van der Waals surface area contributed by atoms with Gasteiger partial charge in [-0.15, -0.1) is 0 Å². The van der Waals surface area contributed by atoms with E-state index in [0.717, 1.165) is 31.6 Å². The van der Waals surface area contributed by atoms with Crippen molar-refractivity contribution in [1.82, 2.24) is 10.2 Å². The van der Waals surface area contributed by atoms with E-state index in [1.165, 1.54) is 0 Å². The summed E-state index contributed by atoms with van der Waals surface area (Å²) in [6, 6.07) is 10.4. The van der Waals surface area contributed by atoms with E-state index in [9.17, 15) is 4.79 Å². The second kappa shape index (κ2) is 5.74. The van der Waals surface area contributed by atoms with Crippen LogP contribution in [0.1, 0.15) is 32.8 Å². The van der Waals surface area contributed by atoms with Crippen molar-refractivity contribution in [3.63, 3.8) is 0 Å². The molecule has 1 fully saturated rings. The van der Waals surface area contributed by atoms with E-state index >= 15 is 0 Å². The second-order valence-corrected chi connectivity index (χ2v) is 5.88. The smallest absolute Gasteiger partial charge is 0.232 e. The molecule has 1 atom stereocenters. The fourth-order valence-corrected chi connectivity index (χ4v) is 2.65. The zero-order valence-corrected chi connectivity index (χ0v) is 12.1. The highest BCUT2D eigenvalue weighted by Crippen LogP contribution is 2.27. The quantitative estimate of drug-likeness (QED) is 0.884. The summed E-state index contributed by atoms with van der Waals surface area (Å²) in [6.07, 6.45) is 1.02. The zero-order chi connectivity index (χ0) is 13.9. The van der Waals surface area contributed by atoms with E-state index in [4.69, 9.17) is 0 Å². The highest BCUT2D eigenvalue weighted by atomic mass is 16.2. The van der Waals surface area contributed by atoms with E-state index < -0.39 is 5.41 Å². The van der Waals surface area contributed by atoms with Crippen molar-refractivity contribution in [2.75, 3.05) is 19.6 Å². The molecule has 0 aromatic heterocycles. The van der Waals surface area contributed by atoms with E-state index in [0.29, 0.717) is 6.04 Å². The molecule has 1 N–H and O–H groups in total. The number of nitrogens with zero attached hydrogens (tertiary/aromatic N) is 1. The van der Waals surface area contributed by atoms with Crippen LogP contribution < -0.4 is 5.32 Å². The first-order chi connectivity index (χ1) is 9.03. The molecule has 0 saturated carbocycles. The highest BCUT2D eigenvalue weighted by molar-refractivity contribution is 5.87. The normalized spacial score (nSPS) is 21.0. The van der Waals surface area contributed by atoms with Crippen LogP contribution in [0.5, 0.6) is 0 Å². The number of nitrogens with one attached hydrogen (secondary N) is 1. The summed E-state index contributed by atoms with van der Waals surface area (Å²) in [5, 5.41) is 3.36. The van der Waals surface area contributed by atoms with Crippen LogP contribution in [-0.2, 0) is 10.2 Å². The van der Waals surface area contributed by atoms with E-state index in [2.05, 4.69) is 12.2 Å². The largest absolute Gasteiger partial charge is 0.338 e. The fourth-order valence-electron chi connectivity index (χ4n) is 2.65. The Hall–Kier alpha value is -1.35. The number of amides is 1. The van der Waals surface area contributed by atoms with Crippen molar-refractivity contribution >= 4 is 5.91 Å². The Morgan fingerprint density at radius 3 is 2.63 bits per heavy atom. The van der Waals surface area contributed by atoms with Gasteiger partial charge in [0.2, 0.25) is 5.91 Å². The van der Waals surface area contributed by atoms with Crippen molar-refractivity contribution < 1.29 is 4.79 Å².